The van der Waals surface area contributed by atoms with Crippen molar-refractivity contribution in [2.24, 2.45) is 0 Å². The maximum atomic E-state index is 12.9. The lowest BCUT2D eigenvalue weighted by Crippen LogP contribution is -2.65. The number of hydrogen-bond donors (Lipinski definition) is 1. The predicted octanol–water partition coefficient (Wildman–Crippen LogP) is 3.06. The Bertz CT molecular complexity index is 1170. The van der Waals surface area contributed by atoms with Crippen molar-refractivity contribution in [2.75, 3.05) is 36.3 Å². The van der Waals surface area contributed by atoms with Gasteiger partial charge in [-0.1, -0.05) is 0 Å². The van der Waals surface area contributed by atoms with Gasteiger partial charge in [0.2, 0.25) is 5.95 Å². The Kier molecular flexibility index (Phi) is 4.35. The van der Waals surface area contributed by atoms with Gasteiger partial charge in [-0.15, -0.1) is 0 Å². The van der Waals surface area contributed by atoms with E-state index in [0.717, 1.165) is 47.8 Å². The SMILES string of the molecule is COc1cc(Nc2ncc3c(n2)N(C)C2(CCC2)C(=O)N3C)ccc1-n1cnc(C)c1. The minimum atomic E-state index is -0.471. The van der Waals surface area contributed by atoms with Crippen LogP contribution in [0, 0.1) is 6.92 Å². The number of likely N-dealkylation sites (N-methyl/N-ethyl adjacent to an activating group) is 2. The predicted molar refractivity (Wildman–Crippen MR) is 119 cm³/mol. The topological polar surface area (TPSA) is 88.4 Å². The van der Waals surface area contributed by atoms with Crippen molar-refractivity contribution in [1.29, 1.82) is 0 Å². The summed E-state index contributed by atoms with van der Waals surface area (Å²) in [5.74, 6) is 2.05. The van der Waals surface area contributed by atoms with Crippen LogP contribution < -0.4 is 19.9 Å². The van der Waals surface area contributed by atoms with Crippen LogP contribution in [-0.4, -0.2) is 52.2 Å². The lowest BCUT2D eigenvalue weighted by Gasteiger charge is -2.52. The molecule has 2 aromatic heterocycles. The van der Waals surface area contributed by atoms with E-state index in [1.165, 1.54) is 0 Å². The van der Waals surface area contributed by atoms with Crippen LogP contribution in [0.4, 0.5) is 23.1 Å². The van der Waals surface area contributed by atoms with Crippen molar-refractivity contribution >= 4 is 29.0 Å². The number of nitrogens with one attached hydrogen (secondary N) is 1. The minimum absolute atomic E-state index is 0.119. The summed E-state index contributed by atoms with van der Waals surface area (Å²) in [5.41, 5.74) is 2.88. The Morgan fingerprint density at radius 2 is 1.97 bits per heavy atom. The van der Waals surface area contributed by atoms with Crippen LogP contribution in [0.5, 0.6) is 5.75 Å². The van der Waals surface area contributed by atoms with Gasteiger partial charge in [0.05, 0.1) is 31.0 Å². The number of fused-ring (bicyclic) bond motifs is 1. The maximum absolute atomic E-state index is 12.9. The number of methoxy groups -OCH3 is 1. The van der Waals surface area contributed by atoms with E-state index in [-0.39, 0.29) is 5.91 Å². The van der Waals surface area contributed by atoms with E-state index in [0.29, 0.717) is 11.7 Å². The van der Waals surface area contributed by atoms with Gasteiger partial charge in [-0.05, 0) is 38.3 Å². The van der Waals surface area contributed by atoms with E-state index in [2.05, 4.69) is 15.3 Å². The first kappa shape index (κ1) is 19.3. The second kappa shape index (κ2) is 6.97. The quantitative estimate of drug-likeness (QED) is 0.695. The normalized spacial score (nSPS) is 16.8. The first-order chi connectivity index (χ1) is 14.9. The highest BCUT2D eigenvalue weighted by Crippen LogP contribution is 2.47. The summed E-state index contributed by atoms with van der Waals surface area (Å²) in [6.45, 7) is 1.95. The van der Waals surface area contributed by atoms with Crippen molar-refractivity contribution < 1.29 is 9.53 Å². The highest BCUT2D eigenvalue weighted by molar-refractivity contribution is 6.07. The van der Waals surface area contributed by atoms with Crippen LogP contribution >= 0.6 is 0 Å². The number of carbonyl (C=O) groups excluding carboxylic acids is 1. The molecule has 0 radical (unpaired) electrons. The average molecular weight is 419 g/mol. The largest absolute Gasteiger partial charge is 0.494 e. The van der Waals surface area contributed by atoms with E-state index < -0.39 is 5.54 Å². The van der Waals surface area contributed by atoms with Crippen LogP contribution in [0.1, 0.15) is 25.0 Å². The highest BCUT2D eigenvalue weighted by Gasteiger charge is 2.53. The molecule has 1 spiro atoms. The Morgan fingerprint density at radius 1 is 1.16 bits per heavy atom. The second-order valence-corrected chi connectivity index (χ2v) is 8.14. The minimum Gasteiger partial charge on any atom is -0.494 e. The number of hydrogen-bond acceptors (Lipinski definition) is 7. The molecular weight excluding hydrogens is 394 g/mol. The van der Waals surface area contributed by atoms with Crippen LogP contribution in [0.15, 0.2) is 36.9 Å². The molecule has 3 aromatic rings. The lowest BCUT2D eigenvalue weighted by molar-refractivity contribution is -0.126. The molecule has 1 saturated carbocycles. The van der Waals surface area contributed by atoms with Gasteiger partial charge in [0.15, 0.2) is 5.82 Å². The first-order valence-electron chi connectivity index (χ1n) is 10.3. The number of carbonyl (C=O) groups is 1. The molecule has 0 saturated heterocycles. The molecule has 31 heavy (non-hydrogen) atoms. The van der Waals surface area contributed by atoms with E-state index >= 15 is 0 Å². The van der Waals surface area contributed by atoms with Crippen molar-refractivity contribution in [3.8, 4) is 11.4 Å². The lowest BCUT2D eigenvalue weighted by atomic mass is 9.73. The number of amides is 1. The molecule has 1 amide bonds. The van der Waals surface area contributed by atoms with E-state index in [1.807, 2.05) is 47.8 Å². The Labute approximate surface area is 180 Å². The smallest absolute Gasteiger partial charge is 0.252 e. The molecule has 2 aliphatic rings. The fraction of sp³-hybridized carbons (Fsp3) is 0.364. The van der Waals surface area contributed by atoms with Crippen LogP contribution in [0.3, 0.4) is 0 Å². The third-order valence-electron chi connectivity index (χ3n) is 6.38. The zero-order chi connectivity index (χ0) is 21.8. The molecule has 0 bridgehead atoms. The zero-order valence-corrected chi connectivity index (χ0v) is 18.1. The fourth-order valence-electron chi connectivity index (χ4n) is 4.39. The van der Waals surface area contributed by atoms with Crippen LogP contribution in [0.25, 0.3) is 5.69 Å². The maximum Gasteiger partial charge on any atom is 0.252 e. The third kappa shape index (κ3) is 2.91. The second-order valence-electron chi connectivity index (χ2n) is 8.14. The summed E-state index contributed by atoms with van der Waals surface area (Å²) in [4.78, 5) is 30.1. The molecule has 160 valence electrons. The van der Waals surface area contributed by atoms with E-state index in [9.17, 15) is 4.79 Å². The summed E-state index contributed by atoms with van der Waals surface area (Å²) in [6.07, 6.45) is 8.16. The summed E-state index contributed by atoms with van der Waals surface area (Å²) in [6, 6.07) is 5.81. The van der Waals surface area contributed by atoms with Gasteiger partial charge in [-0.2, -0.15) is 4.98 Å². The van der Waals surface area contributed by atoms with Gasteiger partial charge in [0.1, 0.15) is 17.0 Å². The van der Waals surface area contributed by atoms with Crippen LogP contribution in [0.2, 0.25) is 0 Å². The molecule has 0 atom stereocenters. The van der Waals surface area contributed by atoms with Gasteiger partial charge >= 0.3 is 0 Å². The number of anilines is 4. The third-order valence-corrected chi connectivity index (χ3v) is 6.38. The highest BCUT2D eigenvalue weighted by atomic mass is 16.5. The number of aromatic nitrogens is 4. The number of rotatable bonds is 4. The molecule has 3 heterocycles. The number of ether oxygens (including phenoxy) is 1. The van der Waals surface area contributed by atoms with Gasteiger partial charge in [0.25, 0.3) is 5.91 Å². The fourth-order valence-corrected chi connectivity index (χ4v) is 4.39. The molecule has 9 nitrogen and oxygen atoms in total. The van der Waals surface area contributed by atoms with Crippen molar-refractivity contribution in [2.45, 2.75) is 31.7 Å². The van der Waals surface area contributed by atoms with E-state index in [4.69, 9.17) is 9.72 Å². The van der Waals surface area contributed by atoms with Gasteiger partial charge in [-0.25, -0.2) is 9.97 Å². The molecule has 0 unspecified atom stereocenters. The van der Waals surface area contributed by atoms with Crippen molar-refractivity contribution in [1.82, 2.24) is 19.5 Å². The Morgan fingerprint density at radius 3 is 2.61 bits per heavy atom. The number of aryl methyl sites for hydroxylation is 1. The molecule has 5 rings (SSSR count). The Balaban J connectivity index is 1.46. The van der Waals surface area contributed by atoms with E-state index in [1.54, 1.807) is 31.6 Å². The summed E-state index contributed by atoms with van der Waals surface area (Å²) < 4.78 is 7.51. The molecule has 1 aliphatic heterocycles. The summed E-state index contributed by atoms with van der Waals surface area (Å²) in [7, 11) is 5.39. The van der Waals surface area contributed by atoms with Gasteiger partial charge < -0.3 is 24.4 Å². The first-order valence-corrected chi connectivity index (χ1v) is 10.3. The monoisotopic (exact) mass is 419 g/mol. The zero-order valence-electron chi connectivity index (χ0n) is 18.1. The molecular formula is C22H25N7O2. The van der Waals surface area contributed by atoms with Gasteiger partial charge in [0, 0.05) is 32.0 Å². The summed E-state index contributed by atoms with van der Waals surface area (Å²) >= 11 is 0. The average Bonchev–Trinajstić information content (AvgIpc) is 3.17. The van der Waals surface area contributed by atoms with Crippen molar-refractivity contribution in [3.05, 3.63) is 42.6 Å². The number of nitrogens with zero attached hydrogens (tertiary/aromatic N) is 6. The van der Waals surface area contributed by atoms with Gasteiger partial charge in [-0.3, -0.25) is 4.79 Å². The number of benzene rings is 1. The standard InChI is InChI=1S/C22H25N7O2/c1-14-12-29(13-24-14)16-7-6-15(10-18(16)31-4)25-21-23-11-17-19(26-21)28(3)22(8-5-9-22)20(30)27(17)2/h6-7,10-13H,5,8-9H2,1-4H3,(H,23,25,26). The number of imidazole rings is 1. The van der Waals surface area contributed by atoms with Crippen molar-refractivity contribution in [3.63, 3.8) is 0 Å². The van der Waals surface area contributed by atoms with Crippen LogP contribution in [-0.2, 0) is 4.79 Å². The molecule has 9 heteroatoms. The molecule has 1 aliphatic carbocycles. The molecule has 1 aromatic carbocycles. The summed E-state index contributed by atoms with van der Waals surface area (Å²) in [5, 5.41) is 3.27. The molecule has 1 N–H and O–H groups in total. The Hall–Kier alpha value is -3.62. The molecule has 1 fully saturated rings.